The molecule has 0 radical (unpaired) electrons. The van der Waals surface area contributed by atoms with Gasteiger partial charge in [0.05, 0.1) is 21.7 Å². The van der Waals surface area contributed by atoms with Crippen molar-refractivity contribution in [2.24, 2.45) is 0 Å². The maximum absolute atomic E-state index is 11.8. The Morgan fingerprint density at radius 2 is 2.22 bits per heavy atom. The molecule has 2 amide bonds. The number of benzene rings is 1. The Labute approximate surface area is 134 Å². The van der Waals surface area contributed by atoms with E-state index in [0.717, 1.165) is 10.2 Å². The molecule has 0 spiro atoms. The van der Waals surface area contributed by atoms with Gasteiger partial charge in [0.15, 0.2) is 5.13 Å². The number of hydrogen-bond acceptors (Lipinski definition) is 6. The van der Waals surface area contributed by atoms with Gasteiger partial charge in [0.25, 0.3) is 0 Å². The zero-order valence-electron chi connectivity index (χ0n) is 11.8. The van der Waals surface area contributed by atoms with Gasteiger partial charge in [0.2, 0.25) is 0 Å². The Hall–Kier alpha value is -3.01. The minimum atomic E-state index is -0.517. The molecule has 0 saturated carbocycles. The summed E-state index contributed by atoms with van der Waals surface area (Å²) < 4.78 is 2.39. The molecule has 1 aromatic carbocycles. The lowest BCUT2D eigenvalue weighted by atomic mass is 10.3. The summed E-state index contributed by atoms with van der Waals surface area (Å²) in [7, 11) is 0. The fraction of sp³-hybridized carbons (Fsp3) is 0.154. The fourth-order valence-corrected chi connectivity index (χ4v) is 2.78. The van der Waals surface area contributed by atoms with Gasteiger partial charge in [-0.05, 0) is 12.1 Å². The van der Waals surface area contributed by atoms with Crippen LogP contribution >= 0.6 is 11.3 Å². The van der Waals surface area contributed by atoms with Crippen molar-refractivity contribution in [3.63, 3.8) is 0 Å². The van der Waals surface area contributed by atoms with Crippen molar-refractivity contribution < 1.29 is 9.72 Å². The average Bonchev–Trinajstić information content (AvgIpc) is 3.13. The number of nitro groups is 1. The van der Waals surface area contributed by atoms with E-state index < -0.39 is 4.92 Å². The molecule has 2 N–H and O–H groups in total. The molecule has 118 valence electrons. The highest BCUT2D eigenvalue weighted by molar-refractivity contribution is 7.22. The molecule has 0 atom stereocenters. The summed E-state index contributed by atoms with van der Waals surface area (Å²) in [6, 6.07) is 7.22. The van der Waals surface area contributed by atoms with Crippen LogP contribution in [0.2, 0.25) is 0 Å². The summed E-state index contributed by atoms with van der Waals surface area (Å²) in [6.07, 6.45) is 2.48. The van der Waals surface area contributed by atoms with Crippen LogP contribution in [0.4, 0.5) is 15.6 Å². The van der Waals surface area contributed by atoms with E-state index in [1.807, 2.05) is 24.3 Å². The number of hydrogen-bond donors (Lipinski definition) is 2. The summed E-state index contributed by atoms with van der Waals surface area (Å²) in [5.41, 5.74) is 0.751. The van der Waals surface area contributed by atoms with E-state index in [2.05, 4.69) is 20.7 Å². The number of rotatable bonds is 5. The average molecular weight is 332 g/mol. The Morgan fingerprint density at radius 1 is 1.39 bits per heavy atom. The van der Waals surface area contributed by atoms with Crippen LogP contribution in [0.1, 0.15) is 0 Å². The van der Waals surface area contributed by atoms with Crippen LogP contribution < -0.4 is 10.6 Å². The van der Waals surface area contributed by atoms with Gasteiger partial charge in [-0.1, -0.05) is 23.5 Å². The third-order valence-electron chi connectivity index (χ3n) is 2.97. The van der Waals surface area contributed by atoms with E-state index in [-0.39, 0.29) is 18.3 Å². The Balaban J connectivity index is 1.50. The molecule has 0 aliphatic carbocycles. The molecule has 2 aromatic heterocycles. The monoisotopic (exact) mass is 332 g/mol. The normalized spacial score (nSPS) is 10.6. The molecule has 23 heavy (non-hydrogen) atoms. The van der Waals surface area contributed by atoms with E-state index in [1.54, 1.807) is 0 Å². The van der Waals surface area contributed by atoms with E-state index in [0.29, 0.717) is 11.7 Å². The number of carbonyl (C=O) groups excluding carboxylic acids is 1. The van der Waals surface area contributed by atoms with Crippen molar-refractivity contribution >= 4 is 38.4 Å². The Morgan fingerprint density at radius 3 is 2.96 bits per heavy atom. The number of urea groups is 1. The molecule has 10 heteroatoms. The number of anilines is 1. The molecule has 3 rings (SSSR count). The van der Waals surface area contributed by atoms with Crippen LogP contribution in [0.3, 0.4) is 0 Å². The summed E-state index contributed by atoms with van der Waals surface area (Å²) in [6.45, 7) is 0.622. The van der Waals surface area contributed by atoms with Crippen molar-refractivity contribution in [3.8, 4) is 0 Å². The second-order valence-corrected chi connectivity index (χ2v) is 5.62. The lowest BCUT2D eigenvalue weighted by Crippen LogP contribution is -2.31. The largest absolute Gasteiger partial charge is 0.336 e. The van der Waals surface area contributed by atoms with Gasteiger partial charge in [-0.3, -0.25) is 20.1 Å². The number of fused-ring (bicyclic) bond motifs is 1. The van der Waals surface area contributed by atoms with Gasteiger partial charge in [0, 0.05) is 6.54 Å². The summed E-state index contributed by atoms with van der Waals surface area (Å²) in [5, 5.41) is 20.2. The van der Waals surface area contributed by atoms with E-state index in [1.165, 1.54) is 28.4 Å². The zero-order chi connectivity index (χ0) is 16.2. The van der Waals surface area contributed by atoms with Crippen molar-refractivity contribution in [3.05, 3.63) is 46.8 Å². The molecular formula is C13H12N6O3S. The van der Waals surface area contributed by atoms with Crippen LogP contribution in [0, 0.1) is 10.1 Å². The predicted molar refractivity (Wildman–Crippen MR) is 85.5 cm³/mol. The minimum absolute atomic E-state index is 0.0797. The number of amides is 2. The third kappa shape index (κ3) is 3.61. The lowest BCUT2D eigenvalue weighted by Gasteiger charge is -2.05. The molecule has 0 fully saturated rings. The summed E-state index contributed by atoms with van der Waals surface area (Å²) >= 11 is 1.39. The number of carbonyl (C=O) groups is 1. The van der Waals surface area contributed by atoms with E-state index in [9.17, 15) is 14.9 Å². The van der Waals surface area contributed by atoms with Crippen molar-refractivity contribution in [1.29, 1.82) is 0 Å². The predicted octanol–water partition coefficient (Wildman–Crippen LogP) is 2.22. The van der Waals surface area contributed by atoms with Gasteiger partial charge in [-0.15, -0.1) is 0 Å². The van der Waals surface area contributed by atoms with Crippen molar-refractivity contribution in [1.82, 2.24) is 20.1 Å². The topological polar surface area (TPSA) is 115 Å². The highest BCUT2D eigenvalue weighted by Gasteiger charge is 2.09. The first-order valence-corrected chi connectivity index (χ1v) is 7.51. The molecule has 0 bridgehead atoms. The van der Waals surface area contributed by atoms with Crippen LogP contribution in [0.15, 0.2) is 36.7 Å². The third-order valence-corrected chi connectivity index (χ3v) is 3.92. The SMILES string of the molecule is O=C(NCCn1cc([N+](=O)[O-])cn1)Nc1nc2ccccc2s1. The first-order valence-electron chi connectivity index (χ1n) is 6.69. The minimum Gasteiger partial charge on any atom is -0.336 e. The second-order valence-electron chi connectivity index (χ2n) is 4.59. The number of nitrogens with one attached hydrogen (secondary N) is 2. The van der Waals surface area contributed by atoms with E-state index >= 15 is 0 Å². The first-order chi connectivity index (χ1) is 11.1. The zero-order valence-corrected chi connectivity index (χ0v) is 12.6. The standard InChI is InChI=1S/C13H12N6O3S/c20-12(14-5-6-18-8-9(7-15-18)19(21)22)17-13-16-10-3-1-2-4-11(10)23-13/h1-4,7-8H,5-6H2,(H2,14,16,17,20). The molecule has 0 unspecified atom stereocenters. The van der Waals surface area contributed by atoms with Gasteiger partial charge >= 0.3 is 11.7 Å². The Bertz CT molecular complexity index is 825. The molecule has 0 aliphatic heterocycles. The van der Waals surface area contributed by atoms with Crippen molar-refractivity contribution in [2.75, 3.05) is 11.9 Å². The van der Waals surface area contributed by atoms with Crippen LogP contribution in [-0.4, -0.2) is 32.3 Å². The smallest absolute Gasteiger partial charge is 0.321 e. The van der Waals surface area contributed by atoms with Gasteiger partial charge < -0.3 is 5.32 Å². The van der Waals surface area contributed by atoms with Crippen molar-refractivity contribution in [2.45, 2.75) is 6.54 Å². The second kappa shape index (κ2) is 6.40. The van der Waals surface area contributed by atoms with E-state index in [4.69, 9.17) is 0 Å². The molecular weight excluding hydrogens is 320 g/mol. The molecule has 0 aliphatic rings. The van der Waals surface area contributed by atoms with Gasteiger partial charge in [-0.25, -0.2) is 9.78 Å². The number of nitrogens with zero attached hydrogens (tertiary/aromatic N) is 4. The van der Waals surface area contributed by atoms with Crippen LogP contribution in [-0.2, 0) is 6.54 Å². The van der Waals surface area contributed by atoms with Gasteiger partial charge in [-0.2, -0.15) is 5.10 Å². The number of thiazole rings is 1. The maximum atomic E-state index is 11.8. The molecule has 2 heterocycles. The molecule has 3 aromatic rings. The summed E-state index contributed by atoms with van der Waals surface area (Å²) in [4.78, 5) is 26.1. The molecule has 9 nitrogen and oxygen atoms in total. The quantitative estimate of drug-likeness (QED) is 0.549. The summed E-state index contributed by atoms with van der Waals surface area (Å²) in [5.74, 6) is 0. The lowest BCUT2D eigenvalue weighted by molar-refractivity contribution is -0.385. The highest BCUT2D eigenvalue weighted by atomic mass is 32.1. The molecule has 0 saturated heterocycles. The van der Waals surface area contributed by atoms with Crippen LogP contribution in [0.5, 0.6) is 0 Å². The Kier molecular flexibility index (Phi) is 4.15. The first kappa shape index (κ1) is 14.9. The highest BCUT2D eigenvalue weighted by Crippen LogP contribution is 2.25. The van der Waals surface area contributed by atoms with Gasteiger partial charge in [0.1, 0.15) is 12.4 Å². The number of aromatic nitrogens is 3. The van der Waals surface area contributed by atoms with Crippen LogP contribution in [0.25, 0.3) is 10.2 Å². The number of para-hydroxylation sites is 1. The fourth-order valence-electron chi connectivity index (χ4n) is 1.92. The maximum Gasteiger partial charge on any atom is 0.321 e.